The van der Waals surface area contributed by atoms with Gasteiger partial charge in [-0.15, -0.1) is 0 Å². The molecule has 92 valence electrons. The number of benzene rings is 1. The molecule has 1 N–H and O–H groups in total. The van der Waals surface area contributed by atoms with Gasteiger partial charge in [-0.05, 0) is 56.4 Å². The van der Waals surface area contributed by atoms with E-state index in [2.05, 4.69) is 41.5 Å². The van der Waals surface area contributed by atoms with E-state index in [4.69, 9.17) is 0 Å². The van der Waals surface area contributed by atoms with Gasteiger partial charge < -0.3 is 5.32 Å². The molecule has 1 aromatic carbocycles. The predicted octanol–water partition coefficient (Wildman–Crippen LogP) is 2.22. The Morgan fingerprint density at radius 3 is 3.00 bits per heavy atom. The van der Waals surface area contributed by atoms with Crippen molar-refractivity contribution in [2.75, 3.05) is 26.7 Å². The highest BCUT2D eigenvalue weighted by Gasteiger charge is 2.31. The Morgan fingerprint density at radius 1 is 1.29 bits per heavy atom. The molecule has 1 fully saturated rings. The van der Waals surface area contributed by atoms with Gasteiger partial charge in [0, 0.05) is 12.6 Å². The number of piperidine rings is 1. The van der Waals surface area contributed by atoms with Gasteiger partial charge in [0.25, 0.3) is 0 Å². The van der Waals surface area contributed by atoms with Crippen LogP contribution in [0, 0.1) is 5.92 Å². The smallest absolute Gasteiger partial charge is 0.0388 e. The molecule has 0 aliphatic carbocycles. The van der Waals surface area contributed by atoms with E-state index >= 15 is 0 Å². The lowest BCUT2D eigenvalue weighted by Gasteiger charge is -2.41. The number of hydrogen-bond donors (Lipinski definition) is 1. The summed E-state index contributed by atoms with van der Waals surface area (Å²) in [7, 11) is 2.29. The summed E-state index contributed by atoms with van der Waals surface area (Å²) in [5.41, 5.74) is 3.15. The van der Waals surface area contributed by atoms with Crippen LogP contribution >= 0.6 is 0 Å². The first-order chi connectivity index (χ1) is 8.36. The second-order valence-corrected chi connectivity index (χ2v) is 5.48. The minimum absolute atomic E-state index is 0.632. The third-order valence-electron chi connectivity index (χ3n) is 4.36. The average Bonchev–Trinajstić information content (AvgIpc) is 2.39. The second-order valence-electron chi connectivity index (χ2n) is 5.48. The molecular formula is C15H22N2. The first kappa shape index (κ1) is 11.2. The van der Waals surface area contributed by atoms with Crippen LogP contribution in [0.1, 0.15) is 30.0 Å². The molecule has 0 spiro atoms. The van der Waals surface area contributed by atoms with Gasteiger partial charge in [-0.25, -0.2) is 0 Å². The minimum Gasteiger partial charge on any atom is -0.316 e. The number of nitrogens with one attached hydrogen (secondary N) is 1. The maximum Gasteiger partial charge on any atom is 0.0388 e. The van der Waals surface area contributed by atoms with Crippen molar-refractivity contribution in [3.63, 3.8) is 0 Å². The molecule has 2 unspecified atom stereocenters. The fourth-order valence-corrected chi connectivity index (χ4v) is 3.49. The number of fused-ring (bicyclic) bond motifs is 1. The lowest BCUT2D eigenvalue weighted by Crippen LogP contribution is -2.42. The van der Waals surface area contributed by atoms with E-state index in [1.807, 2.05) is 0 Å². The topological polar surface area (TPSA) is 15.3 Å². The molecule has 0 saturated carbocycles. The van der Waals surface area contributed by atoms with Gasteiger partial charge in [-0.3, -0.25) is 4.90 Å². The summed E-state index contributed by atoms with van der Waals surface area (Å²) in [6.07, 6.45) is 3.91. The zero-order valence-corrected chi connectivity index (χ0v) is 10.7. The Kier molecular flexibility index (Phi) is 3.17. The van der Waals surface area contributed by atoms with Gasteiger partial charge in [0.2, 0.25) is 0 Å². The highest BCUT2D eigenvalue weighted by molar-refractivity contribution is 5.33. The Balaban J connectivity index is 1.91. The molecule has 3 rings (SSSR count). The third-order valence-corrected chi connectivity index (χ3v) is 4.36. The third kappa shape index (κ3) is 2.12. The van der Waals surface area contributed by atoms with Crippen LogP contribution in [0.2, 0.25) is 0 Å². The standard InChI is InChI=1S/C15H22N2/c1-17-10-8-12-5-2-3-7-14(12)15(17)13-6-4-9-16-11-13/h2-3,5,7,13,15-16H,4,6,8-11H2,1H3. The molecule has 2 aliphatic rings. The van der Waals surface area contributed by atoms with Crippen LogP contribution in [0.15, 0.2) is 24.3 Å². The molecule has 17 heavy (non-hydrogen) atoms. The van der Waals surface area contributed by atoms with Crippen molar-refractivity contribution in [2.24, 2.45) is 5.92 Å². The molecule has 0 aromatic heterocycles. The van der Waals surface area contributed by atoms with E-state index in [1.54, 1.807) is 11.1 Å². The van der Waals surface area contributed by atoms with Crippen molar-refractivity contribution in [3.05, 3.63) is 35.4 Å². The Labute approximate surface area is 104 Å². The van der Waals surface area contributed by atoms with Gasteiger partial charge >= 0.3 is 0 Å². The van der Waals surface area contributed by atoms with Crippen molar-refractivity contribution in [1.29, 1.82) is 0 Å². The van der Waals surface area contributed by atoms with Crippen molar-refractivity contribution in [2.45, 2.75) is 25.3 Å². The normalized spacial score (nSPS) is 29.9. The monoisotopic (exact) mass is 230 g/mol. The average molecular weight is 230 g/mol. The van der Waals surface area contributed by atoms with Crippen LogP contribution in [0.4, 0.5) is 0 Å². The summed E-state index contributed by atoms with van der Waals surface area (Å²) in [6.45, 7) is 3.59. The molecule has 2 aliphatic heterocycles. The lowest BCUT2D eigenvalue weighted by molar-refractivity contribution is 0.142. The fourth-order valence-electron chi connectivity index (χ4n) is 3.49. The summed E-state index contributed by atoms with van der Waals surface area (Å²) < 4.78 is 0. The van der Waals surface area contributed by atoms with E-state index in [0.717, 1.165) is 5.92 Å². The number of rotatable bonds is 1. The van der Waals surface area contributed by atoms with Crippen LogP contribution in [-0.4, -0.2) is 31.6 Å². The maximum atomic E-state index is 3.56. The van der Waals surface area contributed by atoms with E-state index in [-0.39, 0.29) is 0 Å². The zero-order chi connectivity index (χ0) is 11.7. The number of nitrogens with zero attached hydrogens (tertiary/aromatic N) is 1. The Morgan fingerprint density at radius 2 is 2.18 bits per heavy atom. The first-order valence-electron chi connectivity index (χ1n) is 6.85. The van der Waals surface area contributed by atoms with Gasteiger partial charge in [0.05, 0.1) is 0 Å². The SMILES string of the molecule is CN1CCc2ccccc2C1C1CCCNC1. The van der Waals surface area contributed by atoms with Crippen LogP contribution in [0.25, 0.3) is 0 Å². The van der Waals surface area contributed by atoms with Crippen LogP contribution in [0.3, 0.4) is 0 Å². The number of hydrogen-bond acceptors (Lipinski definition) is 2. The molecule has 2 nitrogen and oxygen atoms in total. The van der Waals surface area contributed by atoms with Gasteiger partial charge in [-0.1, -0.05) is 24.3 Å². The predicted molar refractivity (Wildman–Crippen MR) is 71.1 cm³/mol. The van der Waals surface area contributed by atoms with Crippen LogP contribution in [0.5, 0.6) is 0 Å². The Hall–Kier alpha value is -0.860. The van der Waals surface area contributed by atoms with Gasteiger partial charge in [0.15, 0.2) is 0 Å². The second kappa shape index (κ2) is 4.79. The van der Waals surface area contributed by atoms with Crippen LogP contribution < -0.4 is 5.32 Å². The summed E-state index contributed by atoms with van der Waals surface area (Å²) in [4.78, 5) is 2.56. The molecular weight excluding hydrogens is 208 g/mol. The van der Waals surface area contributed by atoms with Crippen LogP contribution in [-0.2, 0) is 6.42 Å². The van der Waals surface area contributed by atoms with Gasteiger partial charge in [0.1, 0.15) is 0 Å². The molecule has 0 bridgehead atoms. The van der Waals surface area contributed by atoms with Crippen molar-refractivity contribution in [1.82, 2.24) is 10.2 Å². The fraction of sp³-hybridized carbons (Fsp3) is 0.600. The van der Waals surface area contributed by atoms with E-state index in [9.17, 15) is 0 Å². The number of likely N-dealkylation sites (N-methyl/N-ethyl adjacent to an activating group) is 1. The minimum atomic E-state index is 0.632. The molecule has 0 amide bonds. The quantitative estimate of drug-likeness (QED) is 0.796. The summed E-state index contributed by atoms with van der Waals surface area (Å²) in [5.74, 6) is 0.787. The lowest BCUT2D eigenvalue weighted by atomic mass is 9.81. The summed E-state index contributed by atoms with van der Waals surface area (Å²) in [6, 6.07) is 9.66. The molecule has 2 atom stereocenters. The molecule has 2 heterocycles. The van der Waals surface area contributed by atoms with E-state index in [0.29, 0.717) is 6.04 Å². The van der Waals surface area contributed by atoms with Crippen molar-refractivity contribution < 1.29 is 0 Å². The summed E-state index contributed by atoms with van der Waals surface area (Å²) >= 11 is 0. The Bertz CT molecular complexity index is 382. The molecule has 1 saturated heterocycles. The van der Waals surface area contributed by atoms with Crippen molar-refractivity contribution in [3.8, 4) is 0 Å². The van der Waals surface area contributed by atoms with E-state index < -0.39 is 0 Å². The highest BCUT2D eigenvalue weighted by Crippen LogP contribution is 2.36. The first-order valence-corrected chi connectivity index (χ1v) is 6.85. The molecule has 0 radical (unpaired) electrons. The summed E-state index contributed by atoms with van der Waals surface area (Å²) in [5, 5.41) is 3.56. The maximum absolute atomic E-state index is 3.56. The van der Waals surface area contributed by atoms with Gasteiger partial charge in [-0.2, -0.15) is 0 Å². The highest BCUT2D eigenvalue weighted by atomic mass is 15.1. The molecule has 1 aromatic rings. The zero-order valence-electron chi connectivity index (χ0n) is 10.7. The molecule has 2 heteroatoms. The largest absolute Gasteiger partial charge is 0.316 e. The van der Waals surface area contributed by atoms with E-state index in [1.165, 1.54) is 38.9 Å². The van der Waals surface area contributed by atoms with Crippen molar-refractivity contribution >= 4 is 0 Å².